The molecule has 3 unspecified atom stereocenters. The highest BCUT2D eigenvalue weighted by Gasteiger charge is 2.25. The zero-order valence-corrected chi connectivity index (χ0v) is 12.5. The molecule has 0 bridgehead atoms. The molecule has 3 atom stereocenters. The predicted molar refractivity (Wildman–Crippen MR) is 76.6 cm³/mol. The highest BCUT2D eigenvalue weighted by Crippen LogP contribution is 2.26. The molecule has 0 saturated heterocycles. The zero-order chi connectivity index (χ0) is 13.5. The quantitative estimate of drug-likeness (QED) is 0.790. The van der Waals surface area contributed by atoms with E-state index in [2.05, 4.69) is 12.2 Å². The lowest BCUT2D eigenvalue weighted by atomic mass is 9.84. The molecule has 0 aromatic heterocycles. The summed E-state index contributed by atoms with van der Waals surface area (Å²) in [5.74, 6) is 1.10. The third kappa shape index (κ3) is 4.27. The van der Waals surface area contributed by atoms with Crippen molar-refractivity contribution in [2.75, 3.05) is 13.1 Å². The fourth-order valence-electron chi connectivity index (χ4n) is 3.05. The standard InChI is InChI=1S/C15H30N2O/c1-5-13-9-8-10-14(11-13)16-12(4)15(18)17(6-2)7-3/h12-14,16H,5-11H2,1-4H3. The van der Waals surface area contributed by atoms with Crippen molar-refractivity contribution in [3.63, 3.8) is 0 Å². The van der Waals surface area contributed by atoms with Crippen LogP contribution < -0.4 is 5.32 Å². The van der Waals surface area contributed by atoms with E-state index in [0.29, 0.717) is 6.04 Å². The smallest absolute Gasteiger partial charge is 0.239 e. The summed E-state index contributed by atoms with van der Waals surface area (Å²) in [6.07, 6.45) is 6.42. The van der Waals surface area contributed by atoms with Gasteiger partial charge in [0.15, 0.2) is 0 Å². The number of hydrogen-bond acceptors (Lipinski definition) is 2. The van der Waals surface area contributed by atoms with Gasteiger partial charge in [-0.15, -0.1) is 0 Å². The van der Waals surface area contributed by atoms with Crippen LogP contribution in [0.4, 0.5) is 0 Å². The Morgan fingerprint density at radius 3 is 2.50 bits per heavy atom. The van der Waals surface area contributed by atoms with Crippen LogP contribution in [0, 0.1) is 5.92 Å². The molecule has 1 fully saturated rings. The van der Waals surface area contributed by atoms with Gasteiger partial charge in [-0.2, -0.15) is 0 Å². The van der Waals surface area contributed by atoms with Gasteiger partial charge in [0.05, 0.1) is 6.04 Å². The fourth-order valence-corrected chi connectivity index (χ4v) is 3.05. The molecule has 1 rings (SSSR count). The van der Waals surface area contributed by atoms with Gasteiger partial charge < -0.3 is 10.2 Å². The lowest BCUT2D eigenvalue weighted by Crippen LogP contribution is -2.49. The van der Waals surface area contributed by atoms with Gasteiger partial charge in [0.25, 0.3) is 0 Å². The number of carbonyl (C=O) groups is 1. The van der Waals surface area contributed by atoms with E-state index in [0.717, 1.165) is 19.0 Å². The van der Waals surface area contributed by atoms with Crippen LogP contribution in [0.15, 0.2) is 0 Å². The van der Waals surface area contributed by atoms with E-state index in [4.69, 9.17) is 0 Å². The first-order chi connectivity index (χ1) is 8.62. The molecule has 0 aromatic rings. The van der Waals surface area contributed by atoms with Gasteiger partial charge in [0.1, 0.15) is 0 Å². The lowest BCUT2D eigenvalue weighted by Gasteiger charge is -2.32. The predicted octanol–water partition coefficient (Wildman–Crippen LogP) is 2.80. The monoisotopic (exact) mass is 254 g/mol. The average Bonchev–Trinajstić information content (AvgIpc) is 2.40. The van der Waals surface area contributed by atoms with E-state index in [1.54, 1.807) is 0 Å². The second-order valence-corrected chi connectivity index (χ2v) is 5.54. The van der Waals surface area contributed by atoms with Crippen molar-refractivity contribution in [3.05, 3.63) is 0 Å². The van der Waals surface area contributed by atoms with Crippen LogP contribution in [0.1, 0.15) is 59.8 Å². The number of hydrogen-bond donors (Lipinski definition) is 1. The minimum atomic E-state index is -0.0366. The van der Waals surface area contributed by atoms with Gasteiger partial charge in [-0.1, -0.05) is 26.2 Å². The van der Waals surface area contributed by atoms with E-state index >= 15 is 0 Å². The van der Waals surface area contributed by atoms with E-state index in [1.807, 2.05) is 25.7 Å². The van der Waals surface area contributed by atoms with Gasteiger partial charge in [-0.3, -0.25) is 4.79 Å². The van der Waals surface area contributed by atoms with Crippen LogP contribution in [-0.2, 0) is 4.79 Å². The fraction of sp³-hybridized carbons (Fsp3) is 0.933. The molecule has 1 aliphatic rings. The molecule has 1 aliphatic carbocycles. The maximum atomic E-state index is 12.2. The summed E-state index contributed by atoms with van der Waals surface area (Å²) in [5, 5.41) is 3.54. The summed E-state index contributed by atoms with van der Waals surface area (Å²) in [6.45, 7) is 9.99. The van der Waals surface area contributed by atoms with Crippen molar-refractivity contribution in [1.29, 1.82) is 0 Å². The van der Waals surface area contributed by atoms with Crippen LogP contribution in [0.2, 0.25) is 0 Å². The molecule has 106 valence electrons. The lowest BCUT2D eigenvalue weighted by molar-refractivity contribution is -0.132. The molecule has 0 heterocycles. The van der Waals surface area contributed by atoms with Gasteiger partial charge in [0, 0.05) is 19.1 Å². The van der Waals surface area contributed by atoms with Gasteiger partial charge in [-0.25, -0.2) is 0 Å². The first kappa shape index (κ1) is 15.5. The van der Waals surface area contributed by atoms with Crippen LogP contribution in [0.25, 0.3) is 0 Å². The summed E-state index contributed by atoms with van der Waals surface area (Å²) in [6, 6.07) is 0.503. The third-order valence-electron chi connectivity index (χ3n) is 4.29. The highest BCUT2D eigenvalue weighted by atomic mass is 16.2. The van der Waals surface area contributed by atoms with Crippen LogP contribution >= 0.6 is 0 Å². The molecule has 3 heteroatoms. The van der Waals surface area contributed by atoms with Crippen molar-refractivity contribution in [3.8, 4) is 0 Å². The van der Waals surface area contributed by atoms with Gasteiger partial charge >= 0.3 is 0 Å². The molecule has 18 heavy (non-hydrogen) atoms. The molecular weight excluding hydrogens is 224 g/mol. The molecule has 1 amide bonds. The minimum absolute atomic E-state index is 0.0366. The molecule has 1 saturated carbocycles. The van der Waals surface area contributed by atoms with Crippen molar-refractivity contribution >= 4 is 5.91 Å². The number of nitrogens with zero attached hydrogens (tertiary/aromatic N) is 1. The Hall–Kier alpha value is -0.570. The normalized spacial score (nSPS) is 25.8. The first-order valence-electron chi connectivity index (χ1n) is 7.67. The Labute approximate surface area is 112 Å². The Bertz CT molecular complexity index is 251. The molecule has 1 N–H and O–H groups in total. The Kier molecular flexibility index (Phi) is 6.69. The third-order valence-corrected chi connectivity index (χ3v) is 4.29. The van der Waals surface area contributed by atoms with E-state index in [1.165, 1.54) is 32.1 Å². The average molecular weight is 254 g/mol. The summed E-state index contributed by atoms with van der Waals surface area (Å²) in [4.78, 5) is 14.1. The number of likely N-dealkylation sites (N-methyl/N-ethyl adjacent to an activating group) is 1. The molecule has 0 spiro atoms. The summed E-state index contributed by atoms with van der Waals surface area (Å²) in [7, 11) is 0. The van der Waals surface area contributed by atoms with Crippen LogP contribution in [0.5, 0.6) is 0 Å². The van der Waals surface area contributed by atoms with Crippen LogP contribution in [-0.4, -0.2) is 36.0 Å². The van der Waals surface area contributed by atoms with Crippen molar-refractivity contribution in [2.45, 2.75) is 71.9 Å². The van der Waals surface area contributed by atoms with Crippen molar-refractivity contribution in [2.24, 2.45) is 5.92 Å². The Morgan fingerprint density at radius 2 is 1.94 bits per heavy atom. The van der Waals surface area contributed by atoms with E-state index < -0.39 is 0 Å². The van der Waals surface area contributed by atoms with Gasteiger partial charge in [-0.05, 0) is 39.5 Å². The number of amides is 1. The maximum Gasteiger partial charge on any atom is 0.239 e. The van der Waals surface area contributed by atoms with E-state index in [9.17, 15) is 4.79 Å². The highest BCUT2D eigenvalue weighted by molar-refractivity contribution is 5.81. The van der Waals surface area contributed by atoms with E-state index in [-0.39, 0.29) is 11.9 Å². The van der Waals surface area contributed by atoms with Crippen molar-refractivity contribution in [1.82, 2.24) is 10.2 Å². The Balaban J connectivity index is 2.43. The number of carbonyl (C=O) groups excluding carboxylic acids is 1. The second kappa shape index (κ2) is 7.78. The molecule has 0 radical (unpaired) electrons. The minimum Gasteiger partial charge on any atom is -0.342 e. The number of nitrogens with one attached hydrogen (secondary N) is 1. The zero-order valence-electron chi connectivity index (χ0n) is 12.5. The SMILES string of the molecule is CCC1CCCC(NC(C)C(=O)N(CC)CC)C1. The van der Waals surface area contributed by atoms with Crippen molar-refractivity contribution < 1.29 is 4.79 Å². The second-order valence-electron chi connectivity index (χ2n) is 5.54. The molecular formula is C15H30N2O. The summed E-state index contributed by atoms with van der Waals surface area (Å²) >= 11 is 0. The molecule has 0 aliphatic heterocycles. The molecule has 0 aromatic carbocycles. The number of rotatable bonds is 6. The Morgan fingerprint density at radius 1 is 1.28 bits per heavy atom. The molecule has 3 nitrogen and oxygen atoms in total. The summed E-state index contributed by atoms with van der Waals surface area (Å²) < 4.78 is 0. The maximum absolute atomic E-state index is 12.2. The largest absolute Gasteiger partial charge is 0.342 e. The van der Waals surface area contributed by atoms with Gasteiger partial charge in [0.2, 0.25) is 5.91 Å². The van der Waals surface area contributed by atoms with Crippen LogP contribution in [0.3, 0.4) is 0 Å². The summed E-state index contributed by atoms with van der Waals surface area (Å²) in [5.41, 5.74) is 0. The first-order valence-corrected chi connectivity index (χ1v) is 7.67. The topological polar surface area (TPSA) is 32.3 Å².